The maximum absolute atomic E-state index is 12.6. The van der Waals surface area contributed by atoms with Crippen molar-refractivity contribution < 1.29 is 14.0 Å². The summed E-state index contributed by atoms with van der Waals surface area (Å²) >= 11 is 0. The Kier molecular flexibility index (Phi) is 5.53. The Morgan fingerprint density at radius 1 is 1.12 bits per heavy atom. The van der Waals surface area contributed by atoms with Crippen molar-refractivity contribution in [2.45, 2.75) is 32.1 Å². The number of carbonyl (C=O) groups excluding carboxylic acids is 2. The molecule has 3 rings (SSSR count). The van der Waals surface area contributed by atoms with E-state index in [1.807, 2.05) is 11.9 Å². The Labute approximate surface area is 148 Å². The van der Waals surface area contributed by atoms with E-state index >= 15 is 0 Å². The van der Waals surface area contributed by atoms with Gasteiger partial charge in [-0.05, 0) is 55.2 Å². The van der Waals surface area contributed by atoms with Crippen molar-refractivity contribution in [2.24, 2.45) is 5.92 Å². The van der Waals surface area contributed by atoms with Crippen molar-refractivity contribution in [2.75, 3.05) is 18.9 Å². The fraction of sp³-hybridized carbons (Fsp3) is 0.400. The maximum Gasteiger partial charge on any atom is 0.291 e. The molecule has 1 aliphatic carbocycles. The van der Waals surface area contributed by atoms with Gasteiger partial charge in [-0.3, -0.25) is 9.59 Å². The highest BCUT2D eigenvalue weighted by atomic mass is 16.3. The molecule has 1 saturated carbocycles. The summed E-state index contributed by atoms with van der Waals surface area (Å²) in [6, 6.07) is 10.2. The highest BCUT2D eigenvalue weighted by Gasteiger charge is 2.19. The molecule has 0 saturated heterocycles. The molecule has 0 unspecified atom stereocenters. The van der Waals surface area contributed by atoms with Crippen LogP contribution in [0.4, 0.5) is 5.69 Å². The standard InChI is InChI=1S/C20H24N2O3/c1-22(14-15-6-3-2-4-7-15)20(24)16-9-11-17(12-10-16)21-19(23)18-8-5-13-25-18/h5,8-13,15H,2-4,6-7,14H2,1H3,(H,21,23). The minimum absolute atomic E-state index is 0.0227. The van der Waals surface area contributed by atoms with Gasteiger partial charge in [0.05, 0.1) is 6.26 Å². The van der Waals surface area contributed by atoms with Crippen molar-refractivity contribution in [1.29, 1.82) is 0 Å². The quantitative estimate of drug-likeness (QED) is 0.888. The first-order valence-electron chi connectivity index (χ1n) is 8.84. The average Bonchev–Trinajstić information content (AvgIpc) is 3.17. The van der Waals surface area contributed by atoms with Gasteiger partial charge in [-0.15, -0.1) is 0 Å². The molecule has 5 heteroatoms. The Hall–Kier alpha value is -2.56. The molecular formula is C20H24N2O3. The number of nitrogens with one attached hydrogen (secondary N) is 1. The summed E-state index contributed by atoms with van der Waals surface area (Å²) < 4.78 is 5.06. The van der Waals surface area contributed by atoms with Crippen LogP contribution in [0.3, 0.4) is 0 Å². The van der Waals surface area contributed by atoms with Crippen molar-refractivity contribution in [3.63, 3.8) is 0 Å². The second-order valence-corrected chi connectivity index (χ2v) is 6.70. The Balaban J connectivity index is 1.57. The number of benzene rings is 1. The zero-order valence-corrected chi connectivity index (χ0v) is 14.5. The number of amides is 2. The lowest BCUT2D eigenvalue weighted by atomic mass is 9.89. The van der Waals surface area contributed by atoms with Gasteiger partial charge in [-0.2, -0.15) is 0 Å². The summed E-state index contributed by atoms with van der Waals surface area (Å²) in [6.07, 6.45) is 7.76. The number of carbonyl (C=O) groups is 2. The summed E-state index contributed by atoms with van der Waals surface area (Å²) in [5.41, 5.74) is 1.27. The molecule has 1 aromatic heterocycles. The van der Waals surface area contributed by atoms with Gasteiger partial charge in [-0.1, -0.05) is 19.3 Å². The Morgan fingerprint density at radius 2 is 1.84 bits per heavy atom. The summed E-state index contributed by atoms with van der Waals surface area (Å²) in [5.74, 6) is 0.593. The van der Waals surface area contributed by atoms with Gasteiger partial charge in [0.1, 0.15) is 0 Å². The van der Waals surface area contributed by atoms with Crippen LogP contribution in [-0.2, 0) is 0 Å². The number of hydrogen-bond acceptors (Lipinski definition) is 3. The smallest absolute Gasteiger partial charge is 0.291 e. The van der Waals surface area contributed by atoms with Gasteiger partial charge in [0, 0.05) is 24.8 Å². The zero-order chi connectivity index (χ0) is 17.6. The summed E-state index contributed by atoms with van der Waals surface area (Å²) in [7, 11) is 1.86. The van der Waals surface area contributed by atoms with Crippen molar-refractivity contribution in [3.8, 4) is 0 Å². The molecule has 2 amide bonds. The van der Waals surface area contributed by atoms with E-state index in [1.54, 1.807) is 36.4 Å². The van der Waals surface area contributed by atoms with E-state index in [2.05, 4.69) is 5.32 Å². The molecule has 1 aromatic carbocycles. The minimum Gasteiger partial charge on any atom is -0.459 e. The zero-order valence-electron chi connectivity index (χ0n) is 14.5. The lowest BCUT2D eigenvalue weighted by Crippen LogP contribution is -2.32. The second-order valence-electron chi connectivity index (χ2n) is 6.70. The third-order valence-electron chi connectivity index (χ3n) is 4.74. The van der Waals surface area contributed by atoms with E-state index in [0.717, 1.165) is 6.54 Å². The molecule has 1 heterocycles. The van der Waals surface area contributed by atoms with Crippen molar-refractivity contribution in [3.05, 3.63) is 54.0 Å². The van der Waals surface area contributed by atoms with Crippen LogP contribution in [-0.4, -0.2) is 30.3 Å². The summed E-state index contributed by atoms with van der Waals surface area (Å²) in [5, 5.41) is 2.75. The summed E-state index contributed by atoms with van der Waals surface area (Å²) in [4.78, 5) is 26.3. The van der Waals surface area contributed by atoms with Crippen LogP contribution in [0, 0.1) is 5.92 Å². The summed E-state index contributed by atoms with van der Waals surface area (Å²) in [6.45, 7) is 0.815. The monoisotopic (exact) mass is 340 g/mol. The molecule has 0 bridgehead atoms. The van der Waals surface area contributed by atoms with Crippen molar-refractivity contribution in [1.82, 2.24) is 4.90 Å². The van der Waals surface area contributed by atoms with Crippen LogP contribution >= 0.6 is 0 Å². The van der Waals surface area contributed by atoms with Crippen molar-refractivity contribution >= 4 is 17.5 Å². The third kappa shape index (κ3) is 4.50. The number of rotatable bonds is 5. The molecule has 0 atom stereocenters. The highest BCUT2D eigenvalue weighted by Crippen LogP contribution is 2.24. The highest BCUT2D eigenvalue weighted by molar-refractivity contribution is 6.02. The molecule has 2 aromatic rings. The first kappa shape index (κ1) is 17.3. The van der Waals surface area contributed by atoms with Gasteiger partial charge in [0.25, 0.3) is 11.8 Å². The van der Waals surface area contributed by atoms with Crippen LogP contribution < -0.4 is 5.32 Å². The van der Waals surface area contributed by atoms with Crippen LogP contribution in [0.2, 0.25) is 0 Å². The van der Waals surface area contributed by atoms with E-state index in [9.17, 15) is 9.59 Å². The molecule has 0 radical (unpaired) electrons. The molecule has 0 aliphatic heterocycles. The SMILES string of the molecule is CN(CC1CCCCC1)C(=O)c1ccc(NC(=O)c2ccco2)cc1. The molecule has 1 fully saturated rings. The number of hydrogen-bond donors (Lipinski definition) is 1. The lowest BCUT2D eigenvalue weighted by molar-refractivity contribution is 0.0760. The predicted molar refractivity (Wildman–Crippen MR) is 96.6 cm³/mol. The van der Waals surface area contributed by atoms with E-state index in [0.29, 0.717) is 17.2 Å². The van der Waals surface area contributed by atoms with Gasteiger partial charge in [0.2, 0.25) is 0 Å². The molecular weight excluding hydrogens is 316 g/mol. The fourth-order valence-corrected chi connectivity index (χ4v) is 3.36. The van der Waals surface area contributed by atoms with Crippen LogP contribution in [0.5, 0.6) is 0 Å². The van der Waals surface area contributed by atoms with Gasteiger partial charge < -0.3 is 14.6 Å². The van der Waals surface area contributed by atoms with E-state index < -0.39 is 0 Å². The van der Waals surface area contributed by atoms with Crippen LogP contribution in [0.15, 0.2) is 47.1 Å². The molecule has 132 valence electrons. The molecule has 1 aliphatic rings. The minimum atomic E-state index is -0.307. The van der Waals surface area contributed by atoms with Gasteiger partial charge in [0.15, 0.2) is 5.76 Å². The third-order valence-corrected chi connectivity index (χ3v) is 4.74. The fourth-order valence-electron chi connectivity index (χ4n) is 3.36. The Morgan fingerprint density at radius 3 is 2.48 bits per heavy atom. The number of anilines is 1. The van der Waals surface area contributed by atoms with E-state index in [-0.39, 0.29) is 17.6 Å². The predicted octanol–water partition coefficient (Wildman–Crippen LogP) is 4.18. The molecule has 5 nitrogen and oxygen atoms in total. The van der Waals surface area contributed by atoms with Gasteiger partial charge in [-0.25, -0.2) is 0 Å². The van der Waals surface area contributed by atoms with Gasteiger partial charge >= 0.3 is 0 Å². The largest absolute Gasteiger partial charge is 0.459 e. The molecule has 1 N–H and O–H groups in total. The molecule has 0 spiro atoms. The first-order valence-corrected chi connectivity index (χ1v) is 8.84. The average molecular weight is 340 g/mol. The lowest BCUT2D eigenvalue weighted by Gasteiger charge is -2.27. The van der Waals surface area contributed by atoms with Crippen LogP contribution in [0.1, 0.15) is 53.0 Å². The Bertz CT molecular complexity index is 701. The molecule has 25 heavy (non-hydrogen) atoms. The normalized spacial score (nSPS) is 14.9. The first-order chi connectivity index (χ1) is 12.1. The van der Waals surface area contributed by atoms with E-state index in [1.165, 1.54) is 38.4 Å². The topological polar surface area (TPSA) is 62.6 Å². The maximum atomic E-state index is 12.6. The number of nitrogens with zero attached hydrogens (tertiary/aromatic N) is 1. The second kappa shape index (κ2) is 8.01. The van der Waals surface area contributed by atoms with Crippen LogP contribution in [0.25, 0.3) is 0 Å². The van der Waals surface area contributed by atoms with E-state index in [4.69, 9.17) is 4.42 Å². The number of furan rings is 1.